The van der Waals surface area contributed by atoms with Crippen molar-refractivity contribution in [2.75, 3.05) is 20.7 Å². The first-order valence-electron chi connectivity index (χ1n) is 6.49. The Balaban J connectivity index is 4.10. The Morgan fingerprint density at radius 1 is 1.32 bits per heavy atom. The van der Waals surface area contributed by atoms with Gasteiger partial charge in [-0.15, -0.1) is 0 Å². The lowest BCUT2D eigenvalue weighted by molar-refractivity contribution is -0.173. The highest BCUT2D eigenvalue weighted by Crippen LogP contribution is 2.11. The number of amides is 2. The number of nitrogens with one attached hydrogen (secondary N) is 1. The number of hydrogen-bond donors (Lipinski definition) is 1. The number of carbonyl (C=O) groups excluding carboxylic acids is 2. The molecule has 6 nitrogen and oxygen atoms in total. The molecule has 0 aromatic rings. The molecule has 1 unspecified atom stereocenters. The van der Waals surface area contributed by atoms with Gasteiger partial charge in [-0.05, 0) is 33.6 Å². The van der Waals surface area contributed by atoms with Gasteiger partial charge in [0.05, 0.1) is 7.11 Å². The van der Waals surface area contributed by atoms with Gasteiger partial charge in [0.2, 0.25) is 5.91 Å². The van der Waals surface area contributed by atoms with Crippen LogP contribution in [0.4, 0.5) is 4.79 Å². The van der Waals surface area contributed by atoms with Crippen molar-refractivity contribution in [3.05, 3.63) is 0 Å². The first-order valence-corrected chi connectivity index (χ1v) is 6.49. The van der Waals surface area contributed by atoms with E-state index in [1.165, 1.54) is 12.2 Å². The van der Waals surface area contributed by atoms with Crippen molar-refractivity contribution < 1.29 is 19.2 Å². The van der Waals surface area contributed by atoms with Gasteiger partial charge < -0.3 is 10.1 Å². The fourth-order valence-electron chi connectivity index (χ4n) is 1.51. The lowest BCUT2D eigenvalue weighted by atomic mass is 10.0. The van der Waals surface area contributed by atoms with Crippen LogP contribution in [-0.2, 0) is 14.4 Å². The monoisotopic (exact) mass is 274 g/mol. The highest BCUT2D eigenvalue weighted by molar-refractivity contribution is 5.77. The SMILES string of the molecule is CCC(CCNC(=O)OC(C)(C)C)C(=O)N(C)OC. The average Bonchev–Trinajstić information content (AvgIpc) is 2.30. The number of ether oxygens (including phenoxy) is 1. The van der Waals surface area contributed by atoms with E-state index < -0.39 is 11.7 Å². The highest BCUT2D eigenvalue weighted by Gasteiger charge is 2.21. The van der Waals surface area contributed by atoms with Crippen molar-refractivity contribution in [1.82, 2.24) is 10.4 Å². The van der Waals surface area contributed by atoms with Crippen LogP contribution in [0.25, 0.3) is 0 Å². The molecule has 1 atom stereocenters. The molecule has 0 saturated heterocycles. The first-order chi connectivity index (χ1) is 8.71. The first kappa shape index (κ1) is 17.7. The number of alkyl carbamates (subject to hydrolysis) is 1. The third kappa shape index (κ3) is 7.66. The molecule has 1 N–H and O–H groups in total. The minimum atomic E-state index is -0.514. The second kappa shape index (κ2) is 7.99. The summed E-state index contributed by atoms with van der Waals surface area (Å²) in [6.45, 7) is 7.74. The predicted octanol–water partition coefficient (Wildman–Crippen LogP) is 1.95. The summed E-state index contributed by atoms with van der Waals surface area (Å²) in [5.74, 6) is -0.254. The molecule has 0 fully saturated rings. The zero-order chi connectivity index (χ0) is 15.1. The molecular weight excluding hydrogens is 248 g/mol. The molecule has 0 bridgehead atoms. The Morgan fingerprint density at radius 3 is 2.32 bits per heavy atom. The maximum atomic E-state index is 11.9. The smallest absolute Gasteiger partial charge is 0.407 e. The Morgan fingerprint density at radius 2 is 1.89 bits per heavy atom. The van der Waals surface area contributed by atoms with Gasteiger partial charge >= 0.3 is 6.09 Å². The Hall–Kier alpha value is -1.30. The summed E-state index contributed by atoms with van der Waals surface area (Å²) in [7, 11) is 3.02. The van der Waals surface area contributed by atoms with E-state index in [-0.39, 0.29) is 11.8 Å². The Bertz CT molecular complexity index is 300. The lowest BCUT2D eigenvalue weighted by Gasteiger charge is -2.22. The molecule has 0 saturated carbocycles. The number of rotatable bonds is 6. The minimum absolute atomic E-state index is 0.0870. The summed E-state index contributed by atoms with van der Waals surface area (Å²) < 4.78 is 5.11. The van der Waals surface area contributed by atoms with Crippen LogP contribution in [0, 0.1) is 5.92 Å². The second-order valence-electron chi connectivity index (χ2n) is 5.34. The summed E-state index contributed by atoms with van der Waals surface area (Å²) >= 11 is 0. The van der Waals surface area contributed by atoms with Crippen molar-refractivity contribution >= 4 is 12.0 Å². The number of carbonyl (C=O) groups is 2. The Labute approximate surface area is 115 Å². The number of hydrogen-bond acceptors (Lipinski definition) is 4. The van der Waals surface area contributed by atoms with Crippen LogP contribution in [0.3, 0.4) is 0 Å². The third-order valence-electron chi connectivity index (χ3n) is 2.59. The van der Waals surface area contributed by atoms with Crippen molar-refractivity contribution in [2.45, 2.75) is 46.1 Å². The fraction of sp³-hybridized carbons (Fsp3) is 0.846. The van der Waals surface area contributed by atoms with Crippen LogP contribution in [0.1, 0.15) is 40.5 Å². The zero-order valence-electron chi connectivity index (χ0n) is 12.8. The van der Waals surface area contributed by atoms with E-state index in [1.54, 1.807) is 27.8 Å². The van der Waals surface area contributed by atoms with Gasteiger partial charge in [-0.2, -0.15) is 0 Å². The van der Waals surface area contributed by atoms with E-state index in [4.69, 9.17) is 9.57 Å². The Kier molecular flexibility index (Phi) is 7.44. The summed E-state index contributed by atoms with van der Waals surface area (Å²) in [6, 6.07) is 0. The van der Waals surface area contributed by atoms with Crippen molar-refractivity contribution in [3.63, 3.8) is 0 Å². The highest BCUT2D eigenvalue weighted by atomic mass is 16.7. The van der Waals surface area contributed by atoms with Gasteiger partial charge in [0.1, 0.15) is 5.60 Å². The molecule has 0 aromatic heterocycles. The van der Waals surface area contributed by atoms with Crippen LogP contribution in [0.15, 0.2) is 0 Å². The molecule has 6 heteroatoms. The van der Waals surface area contributed by atoms with E-state index in [0.29, 0.717) is 19.4 Å². The molecule has 0 heterocycles. The molecular formula is C13H26N2O4. The van der Waals surface area contributed by atoms with Crippen molar-refractivity contribution in [2.24, 2.45) is 5.92 Å². The largest absolute Gasteiger partial charge is 0.444 e. The normalized spacial score (nSPS) is 12.7. The van der Waals surface area contributed by atoms with E-state index in [1.807, 2.05) is 6.92 Å². The number of nitrogens with zero attached hydrogens (tertiary/aromatic N) is 1. The van der Waals surface area contributed by atoms with E-state index in [9.17, 15) is 9.59 Å². The molecule has 0 aliphatic carbocycles. The van der Waals surface area contributed by atoms with Crippen LogP contribution in [-0.4, -0.2) is 43.4 Å². The molecule has 2 amide bonds. The summed E-state index contributed by atoms with van der Waals surface area (Å²) in [5, 5.41) is 3.85. The van der Waals surface area contributed by atoms with Crippen LogP contribution >= 0.6 is 0 Å². The van der Waals surface area contributed by atoms with Crippen LogP contribution in [0.5, 0.6) is 0 Å². The van der Waals surface area contributed by atoms with Gasteiger partial charge in [-0.3, -0.25) is 9.63 Å². The van der Waals surface area contributed by atoms with E-state index in [0.717, 1.165) is 0 Å². The van der Waals surface area contributed by atoms with Gasteiger partial charge in [-0.25, -0.2) is 9.86 Å². The van der Waals surface area contributed by atoms with Crippen molar-refractivity contribution in [3.8, 4) is 0 Å². The van der Waals surface area contributed by atoms with Gasteiger partial charge in [0.25, 0.3) is 0 Å². The summed E-state index contributed by atoms with van der Waals surface area (Å²) in [6.07, 6.45) is 0.792. The fourth-order valence-corrected chi connectivity index (χ4v) is 1.51. The molecule has 112 valence electrons. The summed E-state index contributed by atoms with van der Waals surface area (Å²) in [4.78, 5) is 28.2. The molecule has 19 heavy (non-hydrogen) atoms. The predicted molar refractivity (Wildman–Crippen MR) is 72.4 cm³/mol. The van der Waals surface area contributed by atoms with E-state index in [2.05, 4.69) is 5.32 Å². The van der Waals surface area contributed by atoms with Gasteiger partial charge in [-0.1, -0.05) is 6.92 Å². The molecule has 0 aliphatic heterocycles. The third-order valence-corrected chi connectivity index (χ3v) is 2.59. The molecule has 0 aliphatic rings. The number of hydroxylamine groups is 2. The average molecular weight is 274 g/mol. The van der Waals surface area contributed by atoms with E-state index >= 15 is 0 Å². The van der Waals surface area contributed by atoms with Gasteiger partial charge in [0.15, 0.2) is 0 Å². The summed E-state index contributed by atoms with van der Waals surface area (Å²) in [5.41, 5.74) is -0.514. The molecule has 0 aromatic carbocycles. The maximum absolute atomic E-state index is 11.9. The topological polar surface area (TPSA) is 67.9 Å². The lowest BCUT2D eigenvalue weighted by Crippen LogP contribution is -2.36. The zero-order valence-corrected chi connectivity index (χ0v) is 12.8. The minimum Gasteiger partial charge on any atom is -0.444 e. The van der Waals surface area contributed by atoms with Crippen LogP contribution < -0.4 is 5.32 Å². The maximum Gasteiger partial charge on any atom is 0.407 e. The molecule has 0 rings (SSSR count). The second-order valence-corrected chi connectivity index (χ2v) is 5.34. The standard InChI is InChI=1S/C13H26N2O4/c1-7-10(11(16)15(5)18-6)8-9-14-12(17)19-13(2,3)4/h10H,7-9H2,1-6H3,(H,14,17). The van der Waals surface area contributed by atoms with Crippen molar-refractivity contribution in [1.29, 1.82) is 0 Å². The molecule has 0 radical (unpaired) electrons. The van der Waals surface area contributed by atoms with Crippen LogP contribution in [0.2, 0.25) is 0 Å². The quantitative estimate of drug-likeness (QED) is 0.752. The van der Waals surface area contributed by atoms with Gasteiger partial charge in [0, 0.05) is 19.5 Å². The molecule has 0 spiro atoms.